The Balaban J connectivity index is 2.02. The van der Waals surface area contributed by atoms with Crippen LogP contribution in [0.25, 0.3) is 0 Å². The lowest BCUT2D eigenvalue weighted by molar-refractivity contribution is 0.0997. The van der Waals surface area contributed by atoms with Crippen molar-refractivity contribution in [2.24, 2.45) is 0 Å². The van der Waals surface area contributed by atoms with Crippen LogP contribution in [0.3, 0.4) is 0 Å². The van der Waals surface area contributed by atoms with Crippen LogP contribution in [0.2, 0.25) is 0 Å². The van der Waals surface area contributed by atoms with Gasteiger partial charge in [0.25, 0.3) is 5.91 Å². The molecule has 5 nitrogen and oxygen atoms in total. The van der Waals surface area contributed by atoms with Crippen molar-refractivity contribution in [3.05, 3.63) is 72.6 Å². The molecule has 0 bridgehead atoms. The quantitative estimate of drug-likeness (QED) is 0.810. The number of benzene rings is 2. The van der Waals surface area contributed by atoms with Crippen LogP contribution >= 0.6 is 0 Å². The lowest BCUT2D eigenvalue weighted by Crippen LogP contribution is -2.35. The van der Waals surface area contributed by atoms with Gasteiger partial charge in [0.1, 0.15) is 0 Å². The zero-order valence-corrected chi connectivity index (χ0v) is 12.0. The fraction of sp³-hybridized carbons (Fsp3) is 0.0588. The molecule has 22 heavy (non-hydrogen) atoms. The van der Waals surface area contributed by atoms with E-state index in [0.717, 1.165) is 0 Å². The van der Waals surface area contributed by atoms with Crippen LogP contribution in [0.1, 0.15) is 10.4 Å². The van der Waals surface area contributed by atoms with Gasteiger partial charge in [0.2, 0.25) is 0 Å². The second kappa shape index (κ2) is 5.73. The Bertz CT molecular complexity index is 741. The van der Waals surface area contributed by atoms with Gasteiger partial charge in [0, 0.05) is 18.0 Å². The van der Waals surface area contributed by atoms with E-state index in [1.165, 1.54) is 23.1 Å². The maximum Gasteiger partial charge on any atom is 0.418 e. The molecule has 2 aromatic rings. The summed E-state index contributed by atoms with van der Waals surface area (Å²) in [4.78, 5) is 27.4. The Morgan fingerprint density at radius 1 is 0.818 bits per heavy atom. The van der Waals surface area contributed by atoms with Crippen LogP contribution < -0.4 is 9.80 Å². The second-order valence-corrected chi connectivity index (χ2v) is 4.67. The molecule has 1 aliphatic heterocycles. The van der Waals surface area contributed by atoms with Crippen molar-refractivity contribution in [2.75, 3.05) is 16.9 Å². The Morgan fingerprint density at radius 3 is 2.00 bits per heavy atom. The number of anilines is 2. The van der Waals surface area contributed by atoms with E-state index in [1.807, 2.05) is 24.3 Å². The molecule has 3 rings (SSSR count). The summed E-state index contributed by atoms with van der Waals surface area (Å²) in [5.74, 6) is -0.159. The van der Waals surface area contributed by atoms with Crippen LogP contribution in [0.15, 0.2) is 67.0 Å². The summed E-state index contributed by atoms with van der Waals surface area (Å²) < 4.78 is 4.76. The molecule has 5 heteroatoms. The average Bonchev–Trinajstić information content (AvgIpc) is 2.60. The van der Waals surface area contributed by atoms with E-state index < -0.39 is 6.09 Å². The topological polar surface area (TPSA) is 49.9 Å². The second-order valence-electron chi connectivity index (χ2n) is 4.67. The number of para-hydroxylation sites is 2. The largest absolute Gasteiger partial charge is 0.452 e. The predicted molar refractivity (Wildman–Crippen MR) is 83.7 cm³/mol. The van der Waals surface area contributed by atoms with Crippen molar-refractivity contribution in [3.63, 3.8) is 0 Å². The summed E-state index contributed by atoms with van der Waals surface area (Å²) in [6, 6.07) is 16.2. The summed E-state index contributed by atoms with van der Waals surface area (Å²) >= 11 is 0. The number of carbonyl (C=O) groups excluding carboxylic acids is 2. The summed E-state index contributed by atoms with van der Waals surface area (Å²) in [5, 5.41) is 0. The molecule has 2 aromatic carbocycles. The summed E-state index contributed by atoms with van der Waals surface area (Å²) in [6.07, 6.45) is 2.58. The molecule has 0 spiro atoms. The van der Waals surface area contributed by atoms with Gasteiger partial charge in [-0.2, -0.15) is 0 Å². The molecular weight excluding hydrogens is 280 g/mol. The zero-order valence-electron chi connectivity index (χ0n) is 12.0. The van der Waals surface area contributed by atoms with E-state index in [0.29, 0.717) is 16.9 Å². The molecule has 0 aliphatic carbocycles. The minimum Gasteiger partial charge on any atom is -0.452 e. The minimum absolute atomic E-state index is 0.159. The lowest BCUT2D eigenvalue weighted by Gasteiger charge is -2.30. The normalized spacial score (nSPS) is 12.8. The Morgan fingerprint density at radius 2 is 1.36 bits per heavy atom. The van der Waals surface area contributed by atoms with Gasteiger partial charge in [0.15, 0.2) is 0 Å². The zero-order chi connectivity index (χ0) is 15.5. The van der Waals surface area contributed by atoms with Crippen LogP contribution in [0, 0.1) is 0 Å². The first-order valence-corrected chi connectivity index (χ1v) is 6.75. The number of amides is 2. The van der Waals surface area contributed by atoms with Gasteiger partial charge in [0.05, 0.1) is 18.5 Å². The first kappa shape index (κ1) is 13.9. The number of hydrogen-bond acceptors (Lipinski definition) is 3. The fourth-order valence-corrected chi connectivity index (χ4v) is 2.32. The monoisotopic (exact) mass is 294 g/mol. The van der Waals surface area contributed by atoms with Crippen molar-refractivity contribution in [2.45, 2.75) is 0 Å². The van der Waals surface area contributed by atoms with E-state index in [1.54, 1.807) is 36.5 Å². The van der Waals surface area contributed by atoms with Crippen LogP contribution in [-0.2, 0) is 4.74 Å². The molecule has 1 aliphatic rings. The van der Waals surface area contributed by atoms with E-state index in [-0.39, 0.29) is 5.91 Å². The molecule has 0 radical (unpaired) electrons. The van der Waals surface area contributed by atoms with Gasteiger partial charge in [-0.1, -0.05) is 30.3 Å². The third-order valence-corrected chi connectivity index (χ3v) is 3.38. The third-order valence-electron chi connectivity index (χ3n) is 3.38. The molecule has 2 amide bonds. The maximum atomic E-state index is 12.6. The van der Waals surface area contributed by atoms with E-state index in [4.69, 9.17) is 4.74 Å². The number of ether oxygens (including phenoxy) is 1. The Hall–Kier alpha value is -3.08. The molecule has 0 fully saturated rings. The number of fused-ring (bicyclic) bond motifs is 1. The number of nitrogens with zero attached hydrogens (tertiary/aromatic N) is 2. The maximum absolute atomic E-state index is 12.6. The third kappa shape index (κ3) is 2.33. The molecule has 1 heterocycles. The summed E-state index contributed by atoms with van der Waals surface area (Å²) in [7, 11) is 1.32. The summed E-state index contributed by atoms with van der Waals surface area (Å²) in [5.41, 5.74) is 1.80. The molecule has 0 unspecified atom stereocenters. The number of carbonyl (C=O) groups is 2. The number of hydrogen-bond donors (Lipinski definition) is 0. The first-order chi connectivity index (χ1) is 10.7. The average molecular weight is 294 g/mol. The van der Waals surface area contributed by atoms with E-state index in [2.05, 4.69) is 0 Å². The van der Waals surface area contributed by atoms with Gasteiger partial charge in [-0.3, -0.25) is 9.69 Å². The van der Waals surface area contributed by atoms with E-state index in [9.17, 15) is 9.59 Å². The van der Waals surface area contributed by atoms with Crippen molar-refractivity contribution >= 4 is 23.4 Å². The SMILES string of the molecule is COC(=O)N1C=CN(C(=O)c2ccccc2)c2ccccc21. The van der Waals surface area contributed by atoms with Gasteiger partial charge >= 0.3 is 6.09 Å². The van der Waals surface area contributed by atoms with Crippen molar-refractivity contribution in [3.8, 4) is 0 Å². The first-order valence-electron chi connectivity index (χ1n) is 6.75. The molecular formula is C17H14N2O3. The van der Waals surface area contributed by atoms with Gasteiger partial charge in [-0.25, -0.2) is 9.69 Å². The molecule has 0 aromatic heterocycles. The molecule has 0 atom stereocenters. The smallest absolute Gasteiger partial charge is 0.418 e. The van der Waals surface area contributed by atoms with Gasteiger partial charge < -0.3 is 4.74 Å². The standard InChI is InChI=1S/C17H14N2O3/c1-22-17(21)19-12-11-18(14-9-5-6-10-15(14)19)16(20)13-7-3-2-4-8-13/h2-12H,1H3. The number of methoxy groups -OCH3 is 1. The molecule has 110 valence electrons. The fourth-order valence-electron chi connectivity index (χ4n) is 2.32. The highest BCUT2D eigenvalue weighted by Gasteiger charge is 2.27. The van der Waals surface area contributed by atoms with Crippen LogP contribution in [0.4, 0.5) is 16.2 Å². The van der Waals surface area contributed by atoms with E-state index >= 15 is 0 Å². The van der Waals surface area contributed by atoms with Crippen LogP contribution in [0.5, 0.6) is 0 Å². The highest BCUT2D eigenvalue weighted by Crippen LogP contribution is 2.34. The van der Waals surface area contributed by atoms with Gasteiger partial charge in [-0.15, -0.1) is 0 Å². The number of rotatable bonds is 1. The highest BCUT2D eigenvalue weighted by atomic mass is 16.5. The molecule has 0 saturated heterocycles. The highest BCUT2D eigenvalue weighted by molar-refractivity contribution is 6.11. The Labute approximate surface area is 128 Å². The Kier molecular flexibility index (Phi) is 3.62. The van der Waals surface area contributed by atoms with Gasteiger partial charge in [-0.05, 0) is 24.3 Å². The van der Waals surface area contributed by atoms with Crippen molar-refractivity contribution in [1.82, 2.24) is 0 Å². The molecule has 0 N–H and O–H groups in total. The van der Waals surface area contributed by atoms with Crippen LogP contribution in [-0.4, -0.2) is 19.1 Å². The lowest BCUT2D eigenvalue weighted by atomic mass is 10.1. The summed E-state index contributed by atoms with van der Waals surface area (Å²) in [6.45, 7) is 0. The van der Waals surface area contributed by atoms with Crippen molar-refractivity contribution in [1.29, 1.82) is 0 Å². The molecule has 0 saturated carbocycles. The predicted octanol–water partition coefficient (Wildman–Crippen LogP) is 3.39. The van der Waals surface area contributed by atoms with Crippen molar-refractivity contribution < 1.29 is 14.3 Å². The minimum atomic E-state index is -0.504.